The second-order valence-electron chi connectivity index (χ2n) is 4.25. The van der Waals surface area contributed by atoms with E-state index < -0.39 is 6.10 Å². The van der Waals surface area contributed by atoms with Crippen molar-refractivity contribution in [2.75, 3.05) is 13.7 Å². The molecule has 90 valence electrons. The molecule has 0 aliphatic heterocycles. The van der Waals surface area contributed by atoms with E-state index in [1.165, 1.54) is 6.42 Å². The quantitative estimate of drug-likeness (QED) is 0.796. The van der Waals surface area contributed by atoms with Crippen molar-refractivity contribution >= 4 is 0 Å². The molecule has 4 nitrogen and oxygen atoms in total. The summed E-state index contributed by atoms with van der Waals surface area (Å²) in [6, 6.07) is 3.93. The maximum Gasteiger partial charge on any atom is 0.133 e. The van der Waals surface area contributed by atoms with E-state index in [0.29, 0.717) is 18.3 Å². The van der Waals surface area contributed by atoms with E-state index in [-0.39, 0.29) is 6.10 Å². The largest absolute Gasteiger partial charge is 0.467 e. The molecule has 1 saturated carbocycles. The third-order valence-electron chi connectivity index (χ3n) is 3.20. The molecule has 0 radical (unpaired) electrons. The van der Waals surface area contributed by atoms with Crippen molar-refractivity contribution in [3.8, 4) is 0 Å². The molecule has 3 atom stereocenters. The molecule has 3 unspecified atom stereocenters. The lowest BCUT2D eigenvalue weighted by Crippen LogP contribution is -2.38. The van der Waals surface area contributed by atoms with Gasteiger partial charge in [-0.1, -0.05) is 0 Å². The summed E-state index contributed by atoms with van der Waals surface area (Å²) in [5, 5.41) is 13.2. The van der Waals surface area contributed by atoms with E-state index in [2.05, 4.69) is 5.32 Å². The fraction of sp³-hybridized carbons (Fsp3) is 0.667. The molecule has 16 heavy (non-hydrogen) atoms. The first kappa shape index (κ1) is 11.6. The summed E-state index contributed by atoms with van der Waals surface area (Å²) in [7, 11) is 1.74. The zero-order valence-electron chi connectivity index (χ0n) is 9.56. The molecule has 1 aromatic heterocycles. The molecule has 1 aromatic rings. The van der Waals surface area contributed by atoms with Crippen molar-refractivity contribution < 1.29 is 14.3 Å². The lowest BCUT2D eigenvalue weighted by atomic mass is 10.2. The van der Waals surface area contributed by atoms with Gasteiger partial charge in [-0.15, -0.1) is 0 Å². The highest BCUT2D eigenvalue weighted by Crippen LogP contribution is 2.22. The summed E-state index contributed by atoms with van der Waals surface area (Å²) in [5.74, 6) is 0.611. The first-order valence-electron chi connectivity index (χ1n) is 5.79. The van der Waals surface area contributed by atoms with Gasteiger partial charge in [0, 0.05) is 19.7 Å². The Labute approximate surface area is 95.6 Å². The Kier molecular flexibility index (Phi) is 3.98. The number of aliphatic hydroxyl groups is 1. The highest BCUT2D eigenvalue weighted by Gasteiger charge is 2.27. The van der Waals surface area contributed by atoms with E-state index in [4.69, 9.17) is 9.15 Å². The monoisotopic (exact) mass is 225 g/mol. The van der Waals surface area contributed by atoms with E-state index in [1.807, 2.05) is 0 Å². The summed E-state index contributed by atoms with van der Waals surface area (Å²) in [6.45, 7) is 0.512. The minimum absolute atomic E-state index is 0.281. The van der Waals surface area contributed by atoms with Gasteiger partial charge in [0.05, 0.1) is 12.4 Å². The van der Waals surface area contributed by atoms with Crippen molar-refractivity contribution in [2.24, 2.45) is 0 Å². The summed E-state index contributed by atoms with van der Waals surface area (Å²) >= 11 is 0. The topological polar surface area (TPSA) is 54.6 Å². The third-order valence-corrected chi connectivity index (χ3v) is 3.20. The van der Waals surface area contributed by atoms with Gasteiger partial charge in [0.15, 0.2) is 0 Å². The summed E-state index contributed by atoms with van der Waals surface area (Å²) < 4.78 is 10.5. The maximum atomic E-state index is 9.83. The summed E-state index contributed by atoms with van der Waals surface area (Å²) in [6.07, 6.45) is 4.69. The minimum atomic E-state index is -0.576. The average Bonchev–Trinajstić information content (AvgIpc) is 2.96. The van der Waals surface area contributed by atoms with Gasteiger partial charge in [-0.25, -0.2) is 0 Å². The van der Waals surface area contributed by atoms with Gasteiger partial charge in [0.2, 0.25) is 0 Å². The highest BCUT2D eigenvalue weighted by atomic mass is 16.5. The molecule has 2 rings (SSSR count). The smallest absolute Gasteiger partial charge is 0.133 e. The SMILES string of the molecule is COC1CCCC1NCC(O)c1ccco1. The van der Waals surface area contributed by atoms with Crippen molar-refractivity contribution in [1.29, 1.82) is 0 Å². The molecular formula is C12H19NO3. The highest BCUT2D eigenvalue weighted by molar-refractivity contribution is 5.02. The van der Waals surface area contributed by atoms with Crippen molar-refractivity contribution in [2.45, 2.75) is 37.5 Å². The Hall–Kier alpha value is -0.840. The average molecular weight is 225 g/mol. The molecule has 1 aliphatic carbocycles. The fourth-order valence-electron chi connectivity index (χ4n) is 2.29. The molecule has 0 spiro atoms. The predicted octanol–water partition coefficient (Wildman–Crippen LogP) is 1.47. The van der Waals surface area contributed by atoms with Crippen LogP contribution < -0.4 is 5.32 Å². The number of aliphatic hydroxyl groups excluding tert-OH is 1. The Morgan fingerprint density at radius 2 is 2.50 bits per heavy atom. The summed E-state index contributed by atoms with van der Waals surface area (Å²) in [4.78, 5) is 0. The Balaban J connectivity index is 1.78. The number of ether oxygens (including phenoxy) is 1. The van der Waals surface area contributed by atoms with Gasteiger partial charge < -0.3 is 19.6 Å². The van der Waals surface area contributed by atoms with Crippen LogP contribution in [0.15, 0.2) is 22.8 Å². The summed E-state index contributed by atoms with van der Waals surface area (Å²) in [5.41, 5.74) is 0. The second-order valence-corrected chi connectivity index (χ2v) is 4.25. The van der Waals surface area contributed by atoms with Crippen LogP contribution in [0, 0.1) is 0 Å². The number of methoxy groups -OCH3 is 1. The molecular weight excluding hydrogens is 206 g/mol. The van der Waals surface area contributed by atoms with Crippen LogP contribution in [0.25, 0.3) is 0 Å². The van der Waals surface area contributed by atoms with Gasteiger partial charge in [-0.3, -0.25) is 0 Å². The van der Waals surface area contributed by atoms with Crippen molar-refractivity contribution in [3.05, 3.63) is 24.2 Å². The number of furan rings is 1. The lowest BCUT2D eigenvalue weighted by Gasteiger charge is -2.20. The molecule has 0 bridgehead atoms. The number of nitrogens with one attached hydrogen (secondary N) is 1. The minimum Gasteiger partial charge on any atom is -0.467 e. The molecule has 0 aromatic carbocycles. The van der Waals surface area contributed by atoms with Crippen LogP contribution in [0.4, 0.5) is 0 Å². The van der Waals surface area contributed by atoms with Crippen molar-refractivity contribution in [3.63, 3.8) is 0 Å². The molecule has 2 N–H and O–H groups in total. The zero-order valence-corrected chi connectivity index (χ0v) is 9.56. The van der Waals surface area contributed by atoms with Crippen LogP contribution in [0.3, 0.4) is 0 Å². The second kappa shape index (κ2) is 5.48. The Bertz CT molecular complexity index is 299. The van der Waals surface area contributed by atoms with E-state index in [0.717, 1.165) is 12.8 Å². The maximum absolute atomic E-state index is 9.83. The van der Waals surface area contributed by atoms with Gasteiger partial charge in [0.1, 0.15) is 11.9 Å². The normalized spacial score (nSPS) is 27.1. The van der Waals surface area contributed by atoms with E-state index in [1.54, 1.807) is 25.5 Å². The number of hydrogen-bond donors (Lipinski definition) is 2. The van der Waals surface area contributed by atoms with E-state index >= 15 is 0 Å². The molecule has 0 saturated heterocycles. The predicted molar refractivity (Wildman–Crippen MR) is 60.1 cm³/mol. The lowest BCUT2D eigenvalue weighted by molar-refractivity contribution is 0.0754. The Morgan fingerprint density at radius 3 is 3.19 bits per heavy atom. The molecule has 1 aliphatic rings. The van der Waals surface area contributed by atoms with Crippen LogP contribution in [0.2, 0.25) is 0 Å². The first-order valence-corrected chi connectivity index (χ1v) is 5.79. The first-order chi connectivity index (χ1) is 7.81. The molecule has 0 amide bonds. The van der Waals surface area contributed by atoms with E-state index in [9.17, 15) is 5.11 Å². The Morgan fingerprint density at radius 1 is 1.62 bits per heavy atom. The van der Waals surface area contributed by atoms with Crippen LogP contribution in [0.5, 0.6) is 0 Å². The molecule has 4 heteroatoms. The zero-order chi connectivity index (χ0) is 11.4. The number of rotatable bonds is 5. The third kappa shape index (κ3) is 2.64. The van der Waals surface area contributed by atoms with Gasteiger partial charge in [0.25, 0.3) is 0 Å². The molecule has 1 heterocycles. The van der Waals surface area contributed by atoms with Crippen LogP contribution >= 0.6 is 0 Å². The molecule has 1 fully saturated rings. The van der Waals surface area contributed by atoms with Gasteiger partial charge >= 0.3 is 0 Å². The number of hydrogen-bond acceptors (Lipinski definition) is 4. The van der Waals surface area contributed by atoms with Gasteiger partial charge in [-0.05, 0) is 31.4 Å². The van der Waals surface area contributed by atoms with Crippen LogP contribution in [-0.4, -0.2) is 30.9 Å². The van der Waals surface area contributed by atoms with Crippen LogP contribution in [0.1, 0.15) is 31.1 Å². The fourth-order valence-corrected chi connectivity index (χ4v) is 2.29. The van der Waals surface area contributed by atoms with Gasteiger partial charge in [-0.2, -0.15) is 0 Å². The van der Waals surface area contributed by atoms with Crippen LogP contribution in [-0.2, 0) is 4.74 Å². The van der Waals surface area contributed by atoms with Crippen molar-refractivity contribution in [1.82, 2.24) is 5.32 Å². The standard InChI is InChI=1S/C12H19NO3/c1-15-11-5-2-4-9(11)13-8-10(14)12-6-3-7-16-12/h3,6-7,9-11,13-14H,2,4-5,8H2,1H3.